The number of nitrogens with zero attached hydrogens (tertiary/aromatic N) is 3. The van der Waals surface area contributed by atoms with E-state index in [9.17, 15) is 4.79 Å². The zero-order valence-corrected chi connectivity index (χ0v) is 13.4. The Morgan fingerprint density at radius 1 is 1.55 bits per heavy atom. The molecule has 1 aliphatic rings. The van der Waals surface area contributed by atoms with Crippen LogP contribution in [0, 0.1) is 0 Å². The van der Waals surface area contributed by atoms with Crippen LogP contribution in [0.5, 0.6) is 0 Å². The molecule has 1 amide bonds. The van der Waals surface area contributed by atoms with Crippen molar-refractivity contribution in [3.05, 3.63) is 40.3 Å². The minimum atomic E-state index is -0.283. The number of fused-ring (bicyclic) bond motifs is 1. The Kier molecular flexibility index (Phi) is 4.87. The summed E-state index contributed by atoms with van der Waals surface area (Å²) in [6.07, 6.45) is 1.76. The maximum atomic E-state index is 12.4. The van der Waals surface area contributed by atoms with Crippen molar-refractivity contribution in [1.29, 1.82) is 0 Å². The van der Waals surface area contributed by atoms with Gasteiger partial charge in [-0.25, -0.2) is 0 Å². The number of ether oxygens (including phenoxy) is 1. The number of aromatic nitrogens is 2. The van der Waals surface area contributed by atoms with Gasteiger partial charge in [0.1, 0.15) is 6.04 Å². The third-order valence-electron chi connectivity index (χ3n) is 3.76. The molecule has 118 valence electrons. The fourth-order valence-electron chi connectivity index (χ4n) is 2.71. The molecule has 7 heteroatoms. The van der Waals surface area contributed by atoms with Crippen molar-refractivity contribution < 1.29 is 9.53 Å². The number of rotatable bonds is 6. The van der Waals surface area contributed by atoms with Crippen LogP contribution in [0.3, 0.4) is 0 Å². The van der Waals surface area contributed by atoms with E-state index < -0.39 is 0 Å². The number of hydrogen-bond acceptors (Lipinski definition) is 5. The fourth-order valence-corrected chi connectivity index (χ4v) is 3.37. The Labute approximate surface area is 133 Å². The predicted octanol–water partition coefficient (Wildman–Crippen LogP) is 1.26. The average Bonchev–Trinajstić information content (AvgIpc) is 3.17. The molecule has 1 atom stereocenters. The van der Waals surface area contributed by atoms with Crippen molar-refractivity contribution in [2.75, 3.05) is 26.8 Å². The molecule has 22 heavy (non-hydrogen) atoms. The average molecular weight is 320 g/mol. The minimum absolute atomic E-state index is 0.00276. The molecule has 6 nitrogen and oxygen atoms in total. The Hall–Kier alpha value is -1.70. The Bertz CT molecular complexity index is 611. The van der Waals surface area contributed by atoms with Gasteiger partial charge in [0, 0.05) is 39.5 Å². The van der Waals surface area contributed by atoms with Crippen LogP contribution < -0.4 is 5.32 Å². The number of carbonyl (C=O) groups is 1. The number of nitrogens with one attached hydrogen (secondary N) is 1. The third-order valence-corrected chi connectivity index (χ3v) is 4.49. The summed E-state index contributed by atoms with van der Waals surface area (Å²) in [6.45, 7) is 3.38. The summed E-state index contributed by atoms with van der Waals surface area (Å²) in [5, 5.41) is 11.5. The molecule has 3 heterocycles. The van der Waals surface area contributed by atoms with E-state index in [1.807, 2.05) is 10.7 Å². The van der Waals surface area contributed by atoms with Crippen LogP contribution in [0.15, 0.2) is 29.1 Å². The van der Waals surface area contributed by atoms with Crippen molar-refractivity contribution in [2.24, 2.45) is 0 Å². The minimum Gasteiger partial charge on any atom is -0.383 e. The van der Waals surface area contributed by atoms with E-state index in [4.69, 9.17) is 4.74 Å². The molecule has 3 rings (SSSR count). The third kappa shape index (κ3) is 3.37. The van der Waals surface area contributed by atoms with Gasteiger partial charge in [0.15, 0.2) is 0 Å². The number of carbonyl (C=O) groups excluding carboxylic acids is 1. The maximum Gasteiger partial charge on any atom is 0.246 e. The number of hydrogen-bond donors (Lipinski definition) is 1. The highest BCUT2D eigenvalue weighted by molar-refractivity contribution is 7.07. The molecule has 0 unspecified atom stereocenters. The predicted molar refractivity (Wildman–Crippen MR) is 84.6 cm³/mol. The highest BCUT2D eigenvalue weighted by Gasteiger charge is 2.30. The molecule has 0 fully saturated rings. The molecular weight excluding hydrogens is 300 g/mol. The van der Waals surface area contributed by atoms with Gasteiger partial charge in [-0.1, -0.05) is 0 Å². The first kappa shape index (κ1) is 15.2. The van der Waals surface area contributed by atoms with Crippen LogP contribution in [-0.2, 0) is 22.6 Å². The Balaban J connectivity index is 1.70. The molecule has 0 aromatic carbocycles. The van der Waals surface area contributed by atoms with Crippen LogP contribution in [-0.4, -0.2) is 47.4 Å². The number of thiophene rings is 1. The summed E-state index contributed by atoms with van der Waals surface area (Å²) in [4.78, 5) is 14.7. The lowest BCUT2D eigenvalue weighted by atomic mass is 10.1. The molecule has 0 radical (unpaired) electrons. The lowest BCUT2D eigenvalue weighted by molar-refractivity contribution is -0.126. The van der Waals surface area contributed by atoms with Crippen molar-refractivity contribution in [1.82, 2.24) is 20.0 Å². The molecular formula is C15H20N4O2S. The first-order valence-corrected chi connectivity index (χ1v) is 8.24. The van der Waals surface area contributed by atoms with Gasteiger partial charge >= 0.3 is 0 Å². The van der Waals surface area contributed by atoms with E-state index in [-0.39, 0.29) is 11.9 Å². The number of amides is 1. The molecule has 0 saturated carbocycles. The summed E-state index contributed by atoms with van der Waals surface area (Å²) in [7, 11) is 1.63. The van der Waals surface area contributed by atoms with E-state index in [2.05, 4.69) is 32.1 Å². The molecule has 2 aromatic heterocycles. The highest BCUT2D eigenvalue weighted by Crippen LogP contribution is 2.22. The zero-order valence-electron chi connectivity index (χ0n) is 12.6. The van der Waals surface area contributed by atoms with Gasteiger partial charge in [0.25, 0.3) is 0 Å². The lowest BCUT2D eigenvalue weighted by Gasteiger charge is -2.33. The van der Waals surface area contributed by atoms with E-state index in [0.29, 0.717) is 19.7 Å². The van der Waals surface area contributed by atoms with Crippen molar-refractivity contribution in [3.8, 4) is 0 Å². The zero-order chi connectivity index (χ0) is 15.4. The summed E-state index contributed by atoms with van der Waals surface area (Å²) < 4.78 is 6.82. The summed E-state index contributed by atoms with van der Waals surface area (Å²) >= 11 is 1.70. The molecule has 2 aromatic rings. The topological polar surface area (TPSA) is 59.4 Å². The second-order valence-electron chi connectivity index (χ2n) is 5.37. The quantitative estimate of drug-likeness (QED) is 0.814. The largest absolute Gasteiger partial charge is 0.383 e. The smallest absolute Gasteiger partial charge is 0.246 e. The number of methoxy groups -OCH3 is 1. The van der Waals surface area contributed by atoms with Gasteiger partial charge in [-0.3, -0.25) is 14.4 Å². The van der Waals surface area contributed by atoms with Crippen molar-refractivity contribution in [3.63, 3.8) is 0 Å². The van der Waals surface area contributed by atoms with Gasteiger partial charge < -0.3 is 10.1 Å². The van der Waals surface area contributed by atoms with Crippen molar-refractivity contribution >= 4 is 17.2 Å². The summed E-state index contributed by atoms with van der Waals surface area (Å²) in [5.74, 6) is -0.00276. The second kappa shape index (κ2) is 7.04. The molecule has 0 aliphatic carbocycles. The monoisotopic (exact) mass is 320 g/mol. The van der Waals surface area contributed by atoms with Gasteiger partial charge in [0.2, 0.25) is 5.91 Å². The van der Waals surface area contributed by atoms with Gasteiger partial charge in [-0.15, -0.1) is 0 Å². The second-order valence-corrected chi connectivity index (χ2v) is 6.15. The molecule has 0 spiro atoms. The van der Waals surface area contributed by atoms with E-state index in [1.54, 1.807) is 24.6 Å². The normalized spacial score (nSPS) is 18.1. The SMILES string of the molecule is COCCNC(=O)[C@@H]1CN(Cc2ccsc2)Cc2ccnn21. The van der Waals surface area contributed by atoms with Gasteiger partial charge in [-0.2, -0.15) is 16.4 Å². The van der Waals surface area contributed by atoms with Crippen molar-refractivity contribution in [2.45, 2.75) is 19.1 Å². The van der Waals surface area contributed by atoms with Crippen LogP contribution >= 0.6 is 11.3 Å². The lowest BCUT2D eigenvalue weighted by Crippen LogP contribution is -2.45. The molecule has 0 bridgehead atoms. The van der Waals surface area contributed by atoms with Crippen LogP contribution in [0.2, 0.25) is 0 Å². The van der Waals surface area contributed by atoms with Gasteiger partial charge in [0.05, 0.1) is 12.3 Å². The first-order valence-electron chi connectivity index (χ1n) is 7.30. The van der Waals surface area contributed by atoms with Crippen LogP contribution in [0.4, 0.5) is 0 Å². The maximum absolute atomic E-state index is 12.4. The van der Waals surface area contributed by atoms with Crippen LogP contribution in [0.1, 0.15) is 17.3 Å². The van der Waals surface area contributed by atoms with E-state index in [0.717, 1.165) is 18.8 Å². The Morgan fingerprint density at radius 3 is 3.23 bits per heavy atom. The van der Waals surface area contributed by atoms with Gasteiger partial charge in [-0.05, 0) is 28.5 Å². The van der Waals surface area contributed by atoms with E-state index >= 15 is 0 Å². The van der Waals surface area contributed by atoms with E-state index in [1.165, 1.54) is 5.56 Å². The van der Waals surface area contributed by atoms with Crippen LogP contribution in [0.25, 0.3) is 0 Å². The highest BCUT2D eigenvalue weighted by atomic mass is 32.1. The Morgan fingerprint density at radius 2 is 2.45 bits per heavy atom. The summed E-state index contributed by atoms with van der Waals surface area (Å²) in [5.41, 5.74) is 2.37. The first-order chi connectivity index (χ1) is 10.8. The molecule has 1 aliphatic heterocycles. The summed E-state index contributed by atoms with van der Waals surface area (Å²) in [6, 6.07) is 3.83. The standard InChI is InChI=1S/C15H20N4O2S/c1-21-6-5-16-15(20)14-10-18(8-12-3-7-22-11-12)9-13-2-4-17-19(13)14/h2-4,7,11,14H,5-6,8-10H2,1H3,(H,16,20)/t14-/m0/s1. The molecule has 1 N–H and O–H groups in total. The fraction of sp³-hybridized carbons (Fsp3) is 0.467. The molecule has 0 saturated heterocycles.